The predicted molar refractivity (Wildman–Crippen MR) is 101 cm³/mol. The molecular weight excluding hydrogens is 368 g/mol. The van der Waals surface area contributed by atoms with Crippen molar-refractivity contribution in [2.45, 2.75) is 19.2 Å². The third-order valence-corrected chi connectivity index (χ3v) is 4.75. The number of hydrogen-bond acceptors (Lipinski definition) is 4. The van der Waals surface area contributed by atoms with Gasteiger partial charge in [-0.25, -0.2) is 4.79 Å². The Labute approximate surface area is 162 Å². The van der Waals surface area contributed by atoms with E-state index >= 15 is 0 Å². The average Bonchev–Trinajstić information content (AvgIpc) is 2.67. The minimum absolute atomic E-state index is 0.0868. The molecule has 1 N–H and O–H groups in total. The fourth-order valence-corrected chi connectivity index (χ4v) is 3.30. The van der Waals surface area contributed by atoms with Gasteiger partial charge in [-0.1, -0.05) is 54.1 Å². The van der Waals surface area contributed by atoms with Gasteiger partial charge in [0.25, 0.3) is 0 Å². The van der Waals surface area contributed by atoms with Crippen LogP contribution in [0, 0.1) is 0 Å². The van der Waals surface area contributed by atoms with Crippen LogP contribution in [-0.2, 0) is 22.7 Å². The molecule has 0 aromatic heterocycles. The first-order valence-corrected chi connectivity index (χ1v) is 9.07. The molecule has 27 heavy (non-hydrogen) atoms. The first-order chi connectivity index (χ1) is 13.0. The summed E-state index contributed by atoms with van der Waals surface area (Å²) in [5, 5.41) is 10.2. The molecule has 1 saturated heterocycles. The number of carbonyl (C=O) groups excluding carboxylic acids is 1. The summed E-state index contributed by atoms with van der Waals surface area (Å²) >= 11 is 6.01. The lowest BCUT2D eigenvalue weighted by Gasteiger charge is -2.38. The summed E-state index contributed by atoms with van der Waals surface area (Å²) in [5.41, 5.74) is 1.83. The number of rotatable bonds is 5. The predicted octanol–water partition coefficient (Wildman–Crippen LogP) is 3.25. The molecule has 6 nitrogen and oxygen atoms in total. The van der Waals surface area contributed by atoms with E-state index in [2.05, 4.69) is 0 Å². The van der Waals surface area contributed by atoms with E-state index in [0.717, 1.165) is 11.1 Å². The van der Waals surface area contributed by atoms with E-state index in [0.29, 0.717) is 24.7 Å². The highest BCUT2D eigenvalue weighted by Crippen LogP contribution is 2.18. The van der Waals surface area contributed by atoms with Crippen molar-refractivity contribution in [3.05, 3.63) is 70.7 Å². The zero-order valence-electron chi connectivity index (χ0n) is 14.8. The van der Waals surface area contributed by atoms with Crippen LogP contribution >= 0.6 is 11.6 Å². The quantitative estimate of drug-likeness (QED) is 0.851. The normalized spacial score (nSPS) is 17.5. The number of carboxylic acid groups (broad SMARTS) is 1. The highest BCUT2D eigenvalue weighted by Gasteiger charge is 2.34. The van der Waals surface area contributed by atoms with E-state index < -0.39 is 18.1 Å². The Morgan fingerprint density at radius 1 is 1.07 bits per heavy atom. The van der Waals surface area contributed by atoms with Crippen LogP contribution < -0.4 is 0 Å². The number of benzene rings is 2. The number of piperazine rings is 1. The zero-order valence-corrected chi connectivity index (χ0v) is 15.5. The summed E-state index contributed by atoms with van der Waals surface area (Å²) in [6, 6.07) is 15.9. The molecule has 1 heterocycles. The van der Waals surface area contributed by atoms with Crippen LogP contribution in [0.4, 0.5) is 4.79 Å². The van der Waals surface area contributed by atoms with Gasteiger partial charge in [0.2, 0.25) is 0 Å². The first-order valence-electron chi connectivity index (χ1n) is 8.70. The van der Waals surface area contributed by atoms with E-state index in [4.69, 9.17) is 16.3 Å². The van der Waals surface area contributed by atoms with Gasteiger partial charge in [0.05, 0.1) is 6.54 Å². The number of hydrogen-bond donors (Lipinski definition) is 1. The van der Waals surface area contributed by atoms with Crippen LogP contribution in [0.1, 0.15) is 11.1 Å². The number of ether oxygens (including phenoxy) is 1. The molecule has 0 saturated carbocycles. The van der Waals surface area contributed by atoms with Crippen molar-refractivity contribution in [2.75, 3.05) is 19.6 Å². The Balaban J connectivity index is 1.59. The summed E-state index contributed by atoms with van der Waals surface area (Å²) in [5.74, 6) is -0.961. The first kappa shape index (κ1) is 19.2. The van der Waals surface area contributed by atoms with Gasteiger partial charge in [0, 0.05) is 24.7 Å². The second kappa shape index (κ2) is 8.88. The maximum absolute atomic E-state index is 12.3. The minimum Gasteiger partial charge on any atom is -0.480 e. The largest absolute Gasteiger partial charge is 0.480 e. The summed E-state index contributed by atoms with van der Waals surface area (Å²) < 4.78 is 5.32. The molecule has 0 radical (unpaired) electrons. The second-order valence-corrected chi connectivity index (χ2v) is 6.88. The lowest BCUT2D eigenvalue weighted by atomic mass is 10.1. The van der Waals surface area contributed by atoms with E-state index in [1.165, 1.54) is 4.90 Å². The Hall–Kier alpha value is -2.57. The topological polar surface area (TPSA) is 70.1 Å². The molecule has 0 aliphatic carbocycles. The maximum atomic E-state index is 12.3. The van der Waals surface area contributed by atoms with Crippen LogP contribution in [-0.4, -0.2) is 52.6 Å². The number of aliphatic carboxylic acids is 1. The van der Waals surface area contributed by atoms with Crippen molar-refractivity contribution >= 4 is 23.7 Å². The number of carbonyl (C=O) groups is 2. The van der Waals surface area contributed by atoms with Crippen LogP contribution in [0.2, 0.25) is 5.02 Å². The van der Waals surface area contributed by atoms with Gasteiger partial charge >= 0.3 is 12.1 Å². The van der Waals surface area contributed by atoms with Crippen LogP contribution in [0.5, 0.6) is 0 Å². The van der Waals surface area contributed by atoms with Crippen LogP contribution in [0.15, 0.2) is 54.6 Å². The Morgan fingerprint density at radius 3 is 2.52 bits per heavy atom. The van der Waals surface area contributed by atoms with Gasteiger partial charge < -0.3 is 14.7 Å². The molecule has 1 aliphatic heterocycles. The number of amides is 1. The molecule has 0 spiro atoms. The minimum atomic E-state index is -0.961. The highest BCUT2D eigenvalue weighted by molar-refractivity contribution is 6.30. The van der Waals surface area contributed by atoms with Gasteiger partial charge in [0.1, 0.15) is 12.6 Å². The fraction of sp³-hybridized carbons (Fsp3) is 0.300. The highest BCUT2D eigenvalue weighted by atomic mass is 35.5. The Kier molecular flexibility index (Phi) is 6.32. The fourth-order valence-electron chi connectivity index (χ4n) is 3.09. The maximum Gasteiger partial charge on any atom is 0.410 e. The molecule has 142 valence electrons. The molecule has 2 aromatic rings. The molecule has 1 amide bonds. The van der Waals surface area contributed by atoms with Crippen molar-refractivity contribution in [2.24, 2.45) is 0 Å². The second-order valence-electron chi connectivity index (χ2n) is 6.44. The van der Waals surface area contributed by atoms with E-state index in [1.54, 1.807) is 6.07 Å². The zero-order chi connectivity index (χ0) is 19.2. The Morgan fingerprint density at radius 2 is 1.81 bits per heavy atom. The standard InChI is InChI=1S/C20H21ClN2O4/c21-17-8-4-7-16(11-17)12-22-9-10-23(13-18(22)19(24)25)20(26)27-14-15-5-2-1-3-6-15/h1-8,11,18H,9-10,12-14H2,(H,24,25)/t18-/m1/s1. The SMILES string of the molecule is O=C(O)[C@H]1CN(C(=O)OCc2ccccc2)CCN1Cc1cccc(Cl)c1. The van der Waals surface area contributed by atoms with Gasteiger partial charge in [0.15, 0.2) is 0 Å². The molecular formula is C20H21ClN2O4. The van der Waals surface area contributed by atoms with Crippen LogP contribution in [0.3, 0.4) is 0 Å². The summed E-state index contributed by atoms with van der Waals surface area (Å²) in [6.07, 6.45) is -0.493. The van der Waals surface area contributed by atoms with Gasteiger partial charge in [-0.3, -0.25) is 9.69 Å². The van der Waals surface area contributed by atoms with Gasteiger partial charge in [-0.15, -0.1) is 0 Å². The third kappa shape index (κ3) is 5.21. The summed E-state index contributed by atoms with van der Waals surface area (Å²) in [6.45, 7) is 1.58. The number of halogens is 1. The van der Waals surface area contributed by atoms with Crippen molar-refractivity contribution in [3.63, 3.8) is 0 Å². The number of carboxylic acids is 1. The monoisotopic (exact) mass is 388 g/mol. The molecule has 1 aliphatic rings. The smallest absolute Gasteiger partial charge is 0.410 e. The van der Waals surface area contributed by atoms with E-state index in [9.17, 15) is 14.7 Å². The van der Waals surface area contributed by atoms with Crippen molar-refractivity contribution in [1.82, 2.24) is 9.80 Å². The lowest BCUT2D eigenvalue weighted by Crippen LogP contribution is -2.57. The van der Waals surface area contributed by atoms with E-state index in [1.807, 2.05) is 53.4 Å². The molecule has 0 unspecified atom stereocenters. The summed E-state index contributed by atoms with van der Waals surface area (Å²) in [4.78, 5) is 27.3. The molecule has 3 rings (SSSR count). The molecule has 1 atom stereocenters. The van der Waals surface area contributed by atoms with Crippen molar-refractivity contribution < 1.29 is 19.4 Å². The number of nitrogens with zero attached hydrogens (tertiary/aromatic N) is 2. The average molecular weight is 389 g/mol. The lowest BCUT2D eigenvalue weighted by molar-refractivity contribution is -0.145. The Bertz CT molecular complexity index is 800. The van der Waals surface area contributed by atoms with Crippen molar-refractivity contribution in [3.8, 4) is 0 Å². The van der Waals surface area contributed by atoms with Crippen molar-refractivity contribution in [1.29, 1.82) is 0 Å². The summed E-state index contributed by atoms with van der Waals surface area (Å²) in [7, 11) is 0. The van der Waals surface area contributed by atoms with Gasteiger partial charge in [-0.2, -0.15) is 0 Å². The molecule has 2 aromatic carbocycles. The molecule has 0 bridgehead atoms. The molecule has 1 fully saturated rings. The third-order valence-electron chi connectivity index (χ3n) is 4.51. The van der Waals surface area contributed by atoms with Gasteiger partial charge in [-0.05, 0) is 23.3 Å². The molecule has 7 heteroatoms. The van der Waals surface area contributed by atoms with Crippen LogP contribution in [0.25, 0.3) is 0 Å². The van der Waals surface area contributed by atoms with E-state index in [-0.39, 0.29) is 13.2 Å².